The first-order valence-corrected chi connectivity index (χ1v) is 10.9. The van der Waals surface area contributed by atoms with Crippen LogP contribution in [0.4, 0.5) is 0 Å². The zero-order valence-corrected chi connectivity index (χ0v) is 16.8. The summed E-state index contributed by atoms with van der Waals surface area (Å²) in [6.07, 6.45) is 8.79. The van der Waals surface area contributed by atoms with Gasteiger partial charge in [-0.2, -0.15) is 4.31 Å². The van der Waals surface area contributed by atoms with E-state index in [1.54, 1.807) is 10.4 Å². The third-order valence-corrected chi connectivity index (χ3v) is 6.53. The quantitative estimate of drug-likeness (QED) is 0.468. The van der Waals surface area contributed by atoms with Crippen LogP contribution in [0.5, 0.6) is 0 Å². The second-order valence-electron chi connectivity index (χ2n) is 6.79. The van der Waals surface area contributed by atoms with Crippen molar-refractivity contribution in [3.63, 3.8) is 0 Å². The maximum Gasteiger partial charge on any atom is 0.243 e. The van der Waals surface area contributed by atoms with Gasteiger partial charge in [0.25, 0.3) is 0 Å². The van der Waals surface area contributed by atoms with Crippen LogP contribution in [0.2, 0.25) is 0 Å². The summed E-state index contributed by atoms with van der Waals surface area (Å²) in [5.41, 5.74) is 1.95. The minimum Gasteiger partial charge on any atom is -0.207 e. The van der Waals surface area contributed by atoms with Crippen LogP contribution in [0.3, 0.4) is 0 Å². The van der Waals surface area contributed by atoms with Crippen LogP contribution in [-0.4, -0.2) is 25.8 Å². The van der Waals surface area contributed by atoms with Crippen LogP contribution >= 0.6 is 0 Å². The van der Waals surface area contributed by atoms with Crippen molar-refractivity contribution >= 4 is 10.0 Å². The zero-order valence-electron chi connectivity index (χ0n) is 16.0. The monoisotopic (exact) mass is 353 g/mol. The summed E-state index contributed by atoms with van der Waals surface area (Å²) >= 11 is 0. The summed E-state index contributed by atoms with van der Waals surface area (Å²) in [5, 5.41) is 0. The molecule has 0 aromatic heterocycles. The van der Waals surface area contributed by atoms with Crippen molar-refractivity contribution in [1.29, 1.82) is 0 Å². The molecule has 0 aliphatic heterocycles. The molecule has 0 bridgehead atoms. The number of nitrogens with zero attached hydrogens (tertiary/aromatic N) is 1. The van der Waals surface area contributed by atoms with Gasteiger partial charge in [-0.15, -0.1) is 0 Å². The lowest BCUT2D eigenvalue weighted by Gasteiger charge is -2.23. The van der Waals surface area contributed by atoms with Gasteiger partial charge in [0.1, 0.15) is 0 Å². The van der Waals surface area contributed by atoms with E-state index in [1.807, 2.05) is 26.0 Å². The molecule has 0 aliphatic rings. The second kappa shape index (κ2) is 10.9. The number of sulfonamides is 1. The maximum absolute atomic E-state index is 13.1. The van der Waals surface area contributed by atoms with Gasteiger partial charge in [0, 0.05) is 13.1 Å². The van der Waals surface area contributed by atoms with E-state index < -0.39 is 10.0 Å². The Hall–Kier alpha value is -0.870. The van der Waals surface area contributed by atoms with Crippen molar-refractivity contribution in [3.8, 4) is 0 Å². The highest BCUT2D eigenvalue weighted by Gasteiger charge is 2.25. The molecule has 4 heteroatoms. The highest BCUT2D eigenvalue weighted by atomic mass is 32.2. The Balaban J connectivity index is 2.88. The summed E-state index contributed by atoms with van der Waals surface area (Å²) in [5.74, 6) is 0. The second-order valence-corrected chi connectivity index (χ2v) is 8.70. The lowest BCUT2D eigenvalue weighted by Crippen LogP contribution is -2.33. The molecule has 1 rings (SSSR count). The van der Waals surface area contributed by atoms with Crippen molar-refractivity contribution in [1.82, 2.24) is 4.31 Å². The van der Waals surface area contributed by atoms with E-state index in [-0.39, 0.29) is 0 Å². The largest absolute Gasteiger partial charge is 0.243 e. The predicted octanol–water partition coefficient (Wildman–Crippen LogP) is 5.45. The van der Waals surface area contributed by atoms with Crippen LogP contribution in [0.25, 0.3) is 0 Å². The number of aryl methyl sites for hydroxylation is 2. The molecule has 0 saturated carbocycles. The molecule has 0 saturated heterocycles. The Morgan fingerprint density at radius 2 is 1.38 bits per heavy atom. The number of hydrogen-bond acceptors (Lipinski definition) is 2. The SMILES string of the molecule is CCCCCCN(CCCCCC)S(=O)(=O)c1ccc(C)cc1C. The zero-order chi connectivity index (χ0) is 18.0. The lowest BCUT2D eigenvalue weighted by molar-refractivity contribution is 0.385. The molecule has 0 unspecified atom stereocenters. The van der Waals surface area contributed by atoms with Gasteiger partial charge < -0.3 is 0 Å². The van der Waals surface area contributed by atoms with Crippen LogP contribution in [-0.2, 0) is 10.0 Å². The summed E-state index contributed by atoms with van der Waals surface area (Å²) in [6.45, 7) is 9.52. The van der Waals surface area contributed by atoms with E-state index >= 15 is 0 Å². The molecule has 0 aliphatic carbocycles. The van der Waals surface area contributed by atoms with Gasteiger partial charge in [0.2, 0.25) is 10.0 Å². The molecule has 3 nitrogen and oxygen atoms in total. The number of hydrogen-bond donors (Lipinski definition) is 0. The van der Waals surface area contributed by atoms with Crippen molar-refractivity contribution in [2.45, 2.75) is 84.0 Å². The predicted molar refractivity (Wildman–Crippen MR) is 103 cm³/mol. The van der Waals surface area contributed by atoms with Crippen molar-refractivity contribution in [2.75, 3.05) is 13.1 Å². The first-order valence-electron chi connectivity index (χ1n) is 9.50. The first kappa shape index (κ1) is 21.2. The maximum atomic E-state index is 13.1. The van der Waals surface area contributed by atoms with Crippen molar-refractivity contribution in [3.05, 3.63) is 29.3 Å². The topological polar surface area (TPSA) is 37.4 Å². The first-order chi connectivity index (χ1) is 11.4. The van der Waals surface area contributed by atoms with Gasteiger partial charge in [-0.25, -0.2) is 8.42 Å². The van der Waals surface area contributed by atoms with Crippen molar-refractivity contribution in [2.24, 2.45) is 0 Å². The average molecular weight is 354 g/mol. The van der Waals surface area contributed by atoms with Crippen LogP contribution in [0, 0.1) is 13.8 Å². The fraction of sp³-hybridized carbons (Fsp3) is 0.700. The highest BCUT2D eigenvalue weighted by molar-refractivity contribution is 7.89. The lowest BCUT2D eigenvalue weighted by atomic mass is 10.2. The number of rotatable bonds is 12. The smallest absolute Gasteiger partial charge is 0.207 e. The summed E-state index contributed by atoms with van der Waals surface area (Å²) in [7, 11) is -3.39. The normalized spacial score (nSPS) is 12.0. The molecule has 0 atom stereocenters. The molecule has 0 fully saturated rings. The van der Waals surface area contributed by atoms with Gasteiger partial charge in [-0.05, 0) is 38.3 Å². The molecule has 138 valence electrons. The Labute approximate surface area is 149 Å². The van der Waals surface area contributed by atoms with Gasteiger partial charge in [0.05, 0.1) is 4.90 Å². The standard InChI is InChI=1S/C20H35NO2S/c1-5-7-9-11-15-21(16-12-10-8-6-2)24(22,23)20-14-13-18(3)17-19(20)4/h13-14,17H,5-12,15-16H2,1-4H3. The fourth-order valence-corrected chi connectivity index (χ4v) is 4.73. The van der Waals surface area contributed by atoms with E-state index in [0.29, 0.717) is 18.0 Å². The third-order valence-electron chi connectivity index (χ3n) is 4.47. The van der Waals surface area contributed by atoms with Gasteiger partial charge in [0.15, 0.2) is 0 Å². The Morgan fingerprint density at radius 1 is 0.833 bits per heavy atom. The summed E-state index contributed by atoms with van der Waals surface area (Å²) in [4.78, 5) is 0.471. The van der Waals surface area contributed by atoms with E-state index in [4.69, 9.17) is 0 Å². The molecule has 1 aromatic rings. The Kier molecular flexibility index (Phi) is 9.60. The number of unbranched alkanes of at least 4 members (excludes halogenated alkanes) is 6. The minimum absolute atomic E-state index is 0.471. The third kappa shape index (κ3) is 6.56. The summed E-state index contributed by atoms with van der Waals surface area (Å²) in [6, 6.07) is 5.62. The Morgan fingerprint density at radius 3 is 1.83 bits per heavy atom. The molecule has 24 heavy (non-hydrogen) atoms. The van der Waals surface area contributed by atoms with E-state index in [1.165, 1.54) is 25.7 Å². The van der Waals surface area contributed by atoms with Gasteiger partial charge in [-0.1, -0.05) is 70.1 Å². The van der Waals surface area contributed by atoms with Crippen molar-refractivity contribution < 1.29 is 8.42 Å². The highest BCUT2D eigenvalue weighted by Crippen LogP contribution is 2.22. The Bertz CT molecular complexity index is 569. The summed E-state index contributed by atoms with van der Waals surface area (Å²) < 4.78 is 28.0. The number of benzene rings is 1. The van der Waals surface area contributed by atoms with Crippen LogP contribution in [0.1, 0.15) is 76.3 Å². The van der Waals surface area contributed by atoms with E-state index in [0.717, 1.165) is 36.8 Å². The minimum atomic E-state index is -3.39. The van der Waals surface area contributed by atoms with Gasteiger partial charge in [-0.3, -0.25) is 0 Å². The molecular weight excluding hydrogens is 318 g/mol. The molecule has 0 N–H and O–H groups in total. The molecule has 0 amide bonds. The molecule has 0 spiro atoms. The molecular formula is C20H35NO2S. The van der Waals surface area contributed by atoms with E-state index in [9.17, 15) is 8.42 Å². The average Bonchev–Trinajstić information content (AvgIpc) is 2.52. The molecule has 1 aromatic carbocycles. The van der Waals surface area contributed by atoms with Crippen LogP contribution in [0.15, 0.2) is 23.1 Å². The fourth-order valence-electron chi connectivity index (χ4n) is 3.01. The molecule has 0 radical (unpaired) electrons. The van der Waals surface area contributed by atoms with E-state index in [2.05, 4.69) is 13.8 Å². The van der Waals surface area contributed by atoms with Crippen LogP contribution < -0.4 is 0 Å². The molecule has 0 heterocycles. The van der Waals surface area contributed by atoms with Gasteiger partial charge >= 0.3 is 0 Å².